The zero-order valence-corrected chi connectivity index (χ0v) is 16.2. The van der Waals surface area contributed by atoms with Gasteiger partial charge in [0.25, 0.3) is 5.91 Å². The van der Waals surface area contributed by atoms with E-state index in [2.05, 4.69) is 22.9 Å². The topological polar surface area (TPSA) is 33.5 Å². The van der Waals surface area contributed by atoms with Crippen LogP contribution in [0, 0.1) is 0 Å². The SMILES string of the molecule is CCCCN1C(=O)C(=Cc2oc3ccc(Br)cc3c2Cl)SC1=S. The monoisotopic (exact) mass is 429 g/mol. The number of amides is 1. The molecule has 0 atom stereocenters. The summed E-state index contributed by atoms with van der Waals surface area (Å²) in [5.41, 5.74) is 0.686. The molecule has 1 aromatic carbocycles. The zero-order chi connectivity index (χ0) is 16.6. The van der Waals surface area contributed by atoms with Crippen molar-refractivity contribution in [2.24, 2.45) is 0 Å². The lowest BCUT2D eigenvalue weighted by atomic mass is 10.2. The average Bonchev–Trinajstić information content (AvgIpc) is 2.96. The standard InChI is InChI=1S/C16H13BrClNO2S2/c1-2-3-6-19-15(20)13(23-16(19)22)8-12-14(18)10-7-9(17)4-5-11(10)21-12/h4-5,7-8H,2-3,6H2,1H3. The maximum absolute atomic E-state index is 12.5. The lowest BCUT2D eigenvalue weighted by Crippen LogP contribution is -2.28. The Morgan fingerprint density at radius 2 is 2.26 bits per heavy atom. The highest BCUT2D eigenvalue weighted by atomic mass is 79.9. The number of furan rings is 1. The van der Waals surface area contributed by atoms with Gasteiger partial charge in [-0.2, -0.15) is 0 Å². The van der Waals surface area contributed by atoms with E-state index in [1.165, 1.54) is 11.8 Å². The van der Waals surface area contributed by atoms with Crippen molar-refractivity contribution in [3.05, 3.63) is 38.4 Å². The smallest absolute Gasteiger partial charge is 0.266 e. The fraction of sp³-hybridized carbons (Fsp3) is 0.250. The number of nitrogens with zero attached hydrogens (tertiary/aromatic N) is 1. The molecule has 1 aliphatic heterocycles. The highest BCUT2D eigenvalue weighted by Gasteiger charge is 2.32. The van der Waals surface area contributed by atoms with Crippen molar-refractivity contribution in [1.29, 1.82) is 0 Å². The Balaban J connectivity index is 1.94. The zero-order valence-electron chi connectivity index (χ0n) is 12.3. The molecule has 1 saturated heterocycles. The summed E-state index contributed by atoms with van der Waals surface area (Å²) in [5, 5.41) is 1.31. The van der Waals surface area contributed by atoms with Crippen LogP contribution < -0.4 is 0 Å². The van der Waals surface area contributed by atoms with Gasteiger partial charge < -0.3 is 4.42 Å². The number of benzene rings is 1. The van der Waals surface area contributed by atoms with Crippen LogP contribution in [-0.4, -0.2) is 21.7 Å². The van der Waals surface area contributed by atoms with Crippen molar-refractivity contribution in [3.63, 3.8) is 0 Å². The number of carbonyl (C=O) groups is 1. The summed E-state index contributed by atoms with van der Waals surface area (Å²) < 4.78 is 7.27. The highest BCUT2D eigenvalue weighted by molar-refractivity contribution is 9.10. The molecular formula is C16H13BrClNO2S2. The Bertz CT molecular complexity index is 831. The van der Waals surface area contributed by atoms with Gasteiger partial charge in [0.05, 0.1) is 9.93 Å². The van der Waals surface area contributed by atoms with Gasteiger partial charge in [0.15, 0.2) is 0 Å². The minimum absolute atomic E-state index is 0.0776. The van der Waals surface area contributed by atoms with Crippen LogP contribution in [0.5, 0.6) is 0 Å². The summed E-state index contributed by atoms with van der Waals surface area (Å²) in [7, 11) is 0. The number of rotatable bonds is 4. The number of carbonyl (C=O) groups excluding carboxylic acids is 1. The van der Waals surface area contributed by atoms with Crippen LogP contribution in [0.1, 0.15) is 25.5 Å². The maximum atomic E-state index is 12.5. The maximum Gasteiger partial charge on any atom is 0.266 e. The Morgan fingerprint density at radius 1 is 1.48 bits per heavy atom. The molecule has 23 heavy (non-hydrogen) atoms. The number of unbranched alkanes of at least 4 members (excludes halogenated alkanes) is 1. The largest absolute Gasteiger partial charge is 0.455 e. The van der Waals surface area contributed by atoms with Crippen LogP contribution in [0.3, 0.4) is 0 Å². The van der Waals surface area contributed by atoms with E-state index in [9.17, 15) is 4.79 Å². The molecule has 3 nitrogen and oxygen atoms in total. The third-order valence-electron chi connectivity index (χ3n) is 3.49. The Hall–Kier alpha value is -0.820. The minimum atomic E-state index is -0.0776. The van der Waals surface area contributed by atoms with Crippen LogP contribution in [0.2, 0.25) is 5.02 Å². The summed E-state index contributed by atoms with van der Waals surface area (Å²) in [4.78, 5) is 14.7. The summed E-state index contributed by atoms with van der Waals surface area (Å²) in [6, 6.07) is 5.62. The number of hydrogen-bond acceptors (Lipinski definition) is 4. The second-order valence-electron chi connectivity index (χ2n) is 5.11. The molecule has 7 heteroatoms. The van der Waals surface area contributed by atoms with E-state index >= 15 is 0 Å². The van der Waals surface area contributed by atoms with E-state index in [0.29, 0.717) is 32.1 Å². The van der Waals surface area contributed by atoms with E-state index in [4.69, 9.17) is 28.2 Å². The quantitative estimate of drug-likeness (QED) is 0.450. The molecule has 1 aromatic heterocycles. The molecular weight excluding hydrogens is 418 g/mol. The number of thiocarbonyl (C=S) groups is 1. The lowest BCUT2D eigenvalue weighted by Gasteiger charge is -2.12. The second-order valence-corrected chi connectivity index (χ2v) is 8.08. The lowest BCUT2D eigenvalue weighted by molar-refractivity contribution is -0.122. The van der Waals surface area contributed by atoms with Gasteiger partial charge in [0.2, 0.25) is 0 Å². The Labute approximate surface area is 157 Å². The second kappa shape index (κ2) is 6.97. The van der Waals surface area contributed by atoms with Gasteiger partial charge in [0.1, 0.15) is 15.7 Å². The molecule has 0 radical (unpaired) electrons. The van der Waals surface area contributed by atoms with Crippen molar-refractivity contribution < 1.29 is 9.21 Å². The van der Waals surface area contributed by atoms with Crippen molar-refractivity contribution >= 4 is 78.8 Å². The van der Waals surface area contributed by atoms with Crippen molar-refractivity contribution in [2.45, 2.75) is 19.8 Å². The molecule has 0 saturated carbocycles. The Morgan fingerprint density at radius 3 is 3.00 bits per heavy atom. The van der Waals surface area contributed by atoms with Crippen LogP contribution in [0.4, 0.5) is 0 Å². The predicted molar refractivity (Wildman–Crippen MR) is 104 cm³/mol. The van der Waals surface area contributed by atoms with Gasteiger partial charge in [-0.3, -0.25) is 9.69 Å². The molecule has 120 valence electrons. The normalized spacial score (nSPS) is 17.0. The van der Waals surface area contributed by atoms with Gasteiger partial charge in [-0.05, 0) is 24.6 Å². The molecule has 0 spiro atoms. The summed E-state index contributed by atoms with van der Waals surface area (Å²) in [5.74, 6) is 0.405. The first-order valence-electron chi connectivity index (χ1n) is 7.14. The molecule has 0 N–H and O–H groups in total. The van der Waals surface area contributed by atoms with Crippen LogP contribution in [-0.2, 0) is 4.79 Å². The summed E-state index contributed by atoms with van der Waals surface area (Å²) >= 11 is 16.4. The van der Waals surface area contributed by atoms with Crippen LogP contribution >= 0.6 is 51.5 Å². The van der Waals surface area contributed by atoms with Gasteiger partial charge in [-0.25, -0.2) is 0 Å². The molecule has 2 aromatic rings. The van der Waals surface area contributed by atoms with Crippen LogP contribution in [0.15, 0.2) is 32.0 Å². The van der Waals surface area contributed by atoms with Gasteiger partial charge in [0, 0.05) is 22.5 Å². The highest BCUT2D eigenvalue weighted by Crippen LogP contribution is 2.37. The van der Waals surface area contributed by atoms with Crippen molar-refractivity contribution in [3.8, 4) is 0 Å². The van der Waals surface area contributed by atoms with E-state index in [0.717, 1.165) is 22.7 Å². The minimum Gasteiger partial charge on any atom is -0.455 e. The fourth-order valence-electron chi connectivity index (χ4n) is 2.28. The molecule has 1 aliphatic rings. The van der Waals surface area contributed by atoms with E-state index in [1.807, 2.05) is 18.2 Å². The third-order valence-corrected chi connectivity index (χ3v) is 5.75. The first-order chi connectivity index (χ1) is 11.0. The molecule has 3 rings (SSSR count). The van der Waals surface area contributed by atoms with Crippen LogP contribution in [0.25, 0.3) is 17.0 Å². The van der Waals surface area contributed by atoms with Gasteiger partial charge >= 0.3 is 0 Å². The van der Waals surface area contributed by atoms with E-state index in [1.54, 1.807) is 11.0 Å². The molecule has 2 heterocycles. The number of thioether (sulfide) groups is 1. The molecule has 0 bridgehead atoms. The van der Waals surface area contributed by atoms with Crippen molar-refractivity contribution in [1.82, 2.24) is 4.90 Å². The number of hydrogen-bond donors (Lipinski definition) is 0. The van der Waals surface area contributed by atoms with Gasteiger partial charge in [-0.1, -0.05) is 64.9 Å². The van der Waals surface area contributed by atoms with E-state index < -0.39 is 0 Å². The number of halogens is 2. The average molecular weight is 431 g/mol. The fourth-order valence-corrected chi connectivity index (χ4v) is 4.16. The first kappa shape index (κ1) is 17.0. The predicted octanol–water partition coefficient (Wildman–Crippen LogP) is 5.85. The third kappa shape index (κ3) is 3.36. The van der Waals surface area contributed by atoms with Gasteiger partial charge in [-0.15, -0.1) is 0 Å². The van der Waals surface area contributed by atoms with Crippen molar-refractivity contribution in [2.75, 3.05) is 6.54 Å². The molecule has 1 fully saturated rings. The Kier molecular flexibility index (Phi) is 5.16. The molecule has 0 unspecified atom stereocenters. The first-order valence-corrected chi connectivity index (χ1v) is 9.53. The molecule has 1 amide bonds. The number of fused-ring (bicyclic) bond motifs is 1. The summed E-state index contributed by atoms with van der Waals surface area (Å²) in [6.07, 6.45) is 3.63. The van der Waals surface area contributed by atoms with E-state index in [-0.39, 0.29) is 5.91 Å². The molecule has 0 aliphatic carbocycles. The summed E-state index contributed by atoms with van der Waals surface area (Å²) in [6.45, 7) is 2.74.